The molecule has 0 unspecified atom stereocenters. The number of anilines is 1. The molecule has 12 nitrogen and oxygen atoms in total. The molecule has 1 aliphatic heterocycles. The molecule has 0 saturated carbocycles. The lowest BCUT2D eigenvalue weighted by molar-refractivity contribution is -0.384. The second-order valence-corrected chi connectivity index (χ2v) is 7.91. The van der Waals surface area contributed by atoms with Crippen LogP contribution in [0.5, 0.6) is 0 Å². The van der Waals surface area contributed by atoms with E-state index < -0.39 is 29.3 Å². The molecule has 5 N–H and O–H groups in total. The maximum atomic E-state index is 11.4. The summed E-state index contributed by atoms with van der Waals surface area (Å²) in [6.45, 7) is 1.20. The van der Waals surface area contributed by atoms with E-state index in [2.05, 4.69) is 15.5 Å². The Morgan fingerprint density at radius 3 is 2.50 bits per heavy atom. The van der Waals surface area contributed by atoms with Gasteiger partial charge in [-0.25, -0.2) is 0 Å². The molecule has 176 valence electrons. The van der Waals surface area contributed by atoms with Crippen molar-refractivity contribution in [2.75, 3.05) is 31.6 Å². The van der Waals surface area contributed by atoms with Gasteiger partial charge in [-0.1, -0.05) is 12.8 Å². The summed E-state index contributed by atoms with van der Waals surface area (Å²) in [5.41, 5.74) is 0.862. The van der Waals surface area contributed by atoms with E-state index in [9.17, 15) is 30.5 Å². The molecular weight excluding hydrogens is 420 g/mol. The molecule has 0 amide bonds. The lowest BCUT2D eigenvalue weighted by Crippen LogP contribution is -2.62. The zero-order chi connectivity index (χ0) is 23.1. The predicted molar refractivity (Wildman–Crippen MR) is 115 cm³/mol. The van der Waals surface area contributed by atoms with Crippen molar-refractivity contribution in [3.63, 3.8) is 0 Å². The van der Waals surface area contributed by atoms with Gasteiger partial charge >= 0.3 is 0 Å². The molecule has 0 spiro atoms. The maximum absolute atomic E-state index is 11.4. The number of unbranched alkanes of at least 4 members (excludes halogenated alkanes) is 3. The molecule has 0 bridgehead atoms. The Morgan fingerprint density at radius 2 is 1.81 bits per heavy atom. The Morgan fingerprint density at radius 1 is 1.09 bits per heavy atom. The summed E-state index contributed by atoms with van der Waals surface area (Å²) in [7, 11) is 0. The van der Waals surface area contributed by atoms with Gasteiger partial charge in [-0.3, -0.25) is 15.0 Å². The first-order valence-corrected chi connectivity index (χ1v) is 10.7. The highest BCUT2D eigenvalue weighted by molar-refractivity contribution is 5.61. The fourth-order valence-electron chi connectivity index (χ4n) is 3.95. The zero-order valence-corrected chi connectivity index (χ0v) is 17.7. The molecule has 0 radical (unpaired) electrons. The minimum absolute atomic E-state index is 0.0827. The molecule has 4 atom stereocenters. The summed E-state index contributed by atoms with van der Waals surface area (Å²) in [5, 5.41) is 61.6. The van der Waals surface area contributed by atoms with Crippen LogP contribution < -0.4 is 5.32 Å². The fourth-order valence-corrected chi connectivity index (χ4v) is 3.95. The highest BCUT2D eigenvalue weighted by Crippen LogP contribution is 2.25. The molecule has 1 aromatic heterocycles. The first-order chi connectivity index (χ1) is 15.4. The van der Waals surface area contributed by atoms with Gasteiger partial charge in [0, 0.05) is 24.8 Å². The normalized spacial score (nSPS) is 23.9. The predicted octanol–water partition coefficient (Wildman–Crippen LogP) is -0.0930. The number of nitro benzene ring substituents is 1. The number of hydrogen-bond donors (Lipinski definition) is 5. The van der Waals surface area contributed by atoms with E-state index >= 15 is 0 Å². The fraction of sp³-hybridized carbons (Fsp3) is 0.600. The van der Waals surface area contributed by atoms with Crippen molar-refractivity contribution >= 4 is 11.4 Å². The molecule has 2 aromatic rings. The van der Waals surface area contributed by atoms with E-state index in [-0.39, 0.29) is 18.8 Å². The molecule has 2 heterocycles. The van der Waals surface area contributed by atoms with Crippen LogP contribution in [0.25, 0.3) is 5.69 Å². The highest BCUT2D eigenvalue weighted by atomic mass is 16.6. The van der Waals surface area contributed by atoms with Crippen LogP contribution in [-0.4, -0.2) is 95.8 Å². The van der Waals surface area contributed by atoms with Gasteiger partial charge in [-0.2, -0.15) is 10.2 Å². The van der Waals surface area contributed by atoms with Gasteiger partial charge < -0.3 is 25.7 Å². The van der Waals surface area contributed by atoms with Crippen molar-refractivity contribution in [2.45, 2.75) is 50.0 Å². The van der Waals surface area contributed by atoms with E-state index in [0.29, 0.717) is 24.5 Å². The van der Waals surface area contributed by atoms with E-state index in [4.69, 9.17) is 0 Å². The van der Waals surface area contributed by atoms with Gasteiger partial charge in [0.05, 0.1) is 36.1 Å². The lowest BCUT2D eigenvalue weighted by atomic mass is 9.94. The van der Waals surface area contributed by atoms with Crippen LogP contribution >= 0.6 is 0 Å². The van der Waals surface area contributed by atoms with Crippen molar-refractivity contribution in [1.29, 1.82) is 0 Å². The molecule has 1 fully saturated rings. The van der Waals surface area contributed by atoms with Gasteiger partial charge in [-0.05, 0) is 31.5 Å². The van der Waals surface area contributed by atoms with Crippen molar-refractivity contribution in [3.05, 3.63) is 40.7 Å². The van der Waals surface area contributed by atoms with Gasteiger partial charge in [0.15, 0.2) is 5.69 Å². The van der Waals surface area contributed by atoms with Crippen LogP contribution in [0.4, 0.5) is 11.4 Å². The zero-order valence-electron chi connectivity index (χ0n) is 17.7. The number of likely N-dealkylation sites (tertiary alicyclic amines) is 1. The summed E-state index contributed by atoms with van der Waals surface area (Å²) in [5.74, 6) is 0. The van der Waals surface area contributed by atoms with Crippen molar-refractivity contribution in [1.82, 2.24) is 19.9 Å². The molecule has 32 heavy (non-hydrogen) atoms. The van der Waals surface area contributed by atoms with Gasteiger partial charge in [0.1, 0.15) is 12.2 Å². The van der Waals surface area contributed by atoms with Gasteiger partial charge in [0.2, 0.25) is 0 Å². The second-order valence-electron chi connectivity index (χ2n) is 7.91. The van der Waals surface area contributed by atoms with Gasteiger partial charge in [-0.15, -0.1) is 4.80 Å². The molecule has 12 heteroatoms. The smallest absolute Gasteiger partial charge is 0.298 e. The van der Waals surface area contributed by atoms with Crippen LogP contribution in [-0.2, 0) is 0 Å². The van der Waals surface area contributed by atoms with Crippen LogP contribution in [0, 0.1) is 10.1 Å². The highest BCUT2D eigenvalue weighted by Gasteiger charge is 2.40. The lowest BCUT2D eigenvalue weighted by Gasteiger charge is -2.43. The number of hydrogen-bond acceptors (Lipinski definition) is 10. The summed E-state index contributed by atoms with van der Waals surface area (Å²) < 4.78 is 0. The Hall–Kier alpha value is -2.64. The largest absolute Gasteiger partial charge is 0.395 e. The Balaban J connectivity index is 1.40. The topological polar surface area (TPSA) is 170 Å². The summed E-state index contributed by atoms with van der Waals surface area (Å²) in [4.78, 5) is 14.0. The number of rotatable bonds is 11. The van der Waals surface area contributed by atoms with Crippen molar-refractivity contribution < 1.29 is 25.3 Å². The number of nitro groups is 1. The molecule has 1 saturated heterocycles. The number of β-amino-alcohol motifs (C(OH)–C–C–N with tert-alkyl or cyclic N) is 1. The maximum Gasteiger partial charge on any atom is 0.298 e. The number of aliphatic hydroxyl groups excluding tert-OH is 4. The standard InChI is InChI=1S/C20H30N6O6/c27-13-17-19(29)20(30)18(28)12-24(17)10-4-2-1-3-7-21-14-5-6-15(16(11-14)26(31)32)25-22-8-9-23-25/h5-6,8-9,11,17-21,27-30H,1-4,7,10,12-13H2/t17-,18+,19-,20-/m1/s1. The first kappa shape index (κ1) is 24.0. The Bertz CT molecular complexity index is 866. The first-order valence-electron chi connectivity index (χ1n) is 10.7. The molecule has 3 rings (SSSR count). The number of aliphatic hydroxyl groups is 4. The molecule has 0 aliphatic carbocycles. The number of piperidine rings is 1. The monoisotopic (exact) mass is 450 g/mol. The summed E-state index contributed by atoms with van der Waals surface area (Å²) >= 11 is 0. The van der Waals surface area contributed by atoms with Crippen molar-refractivity contribution in [3.8, 4) is 5.69 Å². The van der Waals surface area contributed by atoms with E-state index in [1.165, 1.54) is 23.3 Å². The average Bonchev–Trinajstić information content (AvgIpc) is 3.31. The minimum atomic E-state index is -1.24. The van der Waals surface area contributed by atoms with Crippen molar-refractivity contribution in [2.24, 2.45) is 0 Å². The summed E-state index contributed by atoms with van der Waals surface area (Å²) in [6, 6.07) is 4.25. The van der Waals surface area contributed by atoms with E-state index in [1.807, 2.05) is 4.90 Å². The third-order valence-corrected chi connectivity index (χ3v) is 5.72. The SMILES string of the molecule is O=[N+]([O-])c1cc(NCCCCCCN2C[C@H](O)[C@@H](O)[C@H](O)[C@H]2CO)ccc1-n1nccn1. The molecule has 1 aromatic carbocycles. The number of nitrogens with zero attached hydrogens (tertiary/aromatic N) is 5. The van der Waals surface area contributed by atoms with Gasteiger partial charge in [0.25, 0.3) is 5.69 Å². The number of benzene rings is 1. The quantitative estimate of drug-likeness (QED) is 0.177. The molecule has 1 aliphatic rings. The number of nitrogens with one attached hydrogen (secondary N) is 1. The van der Waals surface area contributed by atoms with Crippen LogP contribution in [0.15, 0.2) is 30.6 Å². The minimum Gasteiger partial charge on any atom is -0.395 e. The van der Waals surface area contributed by atoms with E-state index in [1.54, 1.807) is 12.1 Å². The Kier molecular flexibility index (Phi) is 8.47. The third kappa shape index (κ3) is 5.78. The third-order valence-electron chi connectivity index (χ3n) is 5.72. The van der Waals surface area contributed by atoms with Crippen LogP contribution in [0.1, 0.15) is 25.7 Å². The number of aromatic nitrogens is 3. The molecular formula is C20H30N6O6. The summed E-state index contributed by atoms with van der Waals surface area (Å²) in [6.07, 6.45) is 2.99. The average molecular weight is 450 g/mol. The van der Waals surface area contributed by atoms with Crippen LogP contribution in [0.2, 0.25) is 0 Å². The Labute approximate surface area is 185 Å². The van der Waals surface area contributed by atoms with Crippen LogP contribution in [0.3, 0.4) is 0 Å². The van der Waals surface area contributed by atoms with E-state index in [0.717, 1.165) is 25.7 Å². The second kappa shape index (κ2) is 11.3.